The van der Waals surface area contributed by atoms with Gasteiger partial charge in [-0.2, -0.15) is 26.3 Å². The number of alkyl halides is 7. The van der Waals surface area contributed by atoms with Crippen molar-refractivity contribution in [3.05, 3.63) is 99.1 Å². The molecule has 2 N–H and O–H groups in total. The average molecular weight is 651 g/mol. The molecule has 0 saturated heterocycles. The van der Waals surface area contributed by atoms with Gasteiger partial charge in [-0.1, -0.05) is 54.1 Å². The van der Waals surface area contributed by atoms with Crippen LogP contribution in [0.2, 0.25) is 5.02 Å². The molecule has 2 atom stereocenters. The zero-order valence-corrected chi connectivity index (χ0v) is 24.5. The van der Waals surface area contributed by atoms with Gasteiger partial charge in [0.15, 0.2) is 0 Å². The van der Waals surface area contributed by atoms with Crippen LogP contribution >= 0.6 is 11.6 Å². The van der Waals surface area contributed by atoms with E-state index in [1.807, 2.05) is 0 Å². The van der Waals surface area contributed by atoms with Gasteiger partial charge >= 0.3 is 18.0 Å². The minimum absolute atomic E-state index is 0.0139. The van der Waals surface area contributed by atoms with Gasteiger partial charge in [-0.3, -0.25) is 13.8 Å². The predicted octanol–water partition coefficient (Wildman–Crippen LogP) is 7.28. The van der Waals surface area contributed by atoms with Crippen LogP contribution in [0.5, 0.6) is 0 Å². The summed E-state index contributed by atoms with van der Waals surface area (Å²) in [6.45, 7) is 3.32. The second-order valence-corrected chi connectivity index (χ2v) is 11.8. The number of benzene rings is 3. The molecule has 0 bridgehead atoms. The maximum absolute atomic E-state index is 14.3. The Bertz CT molecular complexity index is 1510. The number of aryl methyl sites for hydroxylation is 1. The van der Waals surface area contributed by atoms with Gasteiger partial charge in [-0.05, 0) is 55.2 Å². The van der Waals surface area contributed by atoms with E-state index < -0.39 is 52.2 Å². The fourth-order valence-electron chi connectivity index (χ4n) is 4.38. The van der Waals surface area contributed by atoms with Gasteiger partial charge in [0, 0.05) is 40.1 Å². The van der Waals surface area contributed by atoms with Gasteiger partial charge in [-0.25, -0.2) is 4.39 Å². The van der Waals surface area contributed by atoms with Crippen molar-refractivity contribution in [3.8, 4) is 0 Å². The van der Waals surface area contributed by atoms with Crippen LogP contribution in [0, 0.1) is 6.92 Å². The van der Waals surface area contributed by atoms with Crippen molar-refractivity contribution in [1.82, 2.24) is 5.32 Å². The number of carbonyl (C=O) groups excluding carboxylic acids is 2. The van der Waals surface area contributed by atoms with Crippen molar-refractivity contribution in [2.45, 2.75) is 44.3 Å². The van der Waals surface area contributed by atoms with Crippen molar-refractivity contribution in [2.75, 3.05) is 17.3 Å². The lowest BCUT2D eigenvalue weighted by Crippen LogP contribution is -2.50. The third-order valence-electron chi connectivity index (χ3n) is 6.43. The Morgan fingerprint density at radius 3 is 2.00 bits per heavy atom. The fraction of sp³-hybridized carbons (Fsp3) is 0.310. The van der Waals surface area contributed by atoms with E-state index in [1.165, 1.54) is 24.5 Å². The first kappa shape index (κ1) is 34.0. The Morgan fingerprint density at radius 2 is 1.47 bits per heavy atom. The van der Waals surface area contributed by atoms with E-state index in [1.54, 1.807) is 32.0 Å². The SMILES string of the molecule is Cc1cc(Cc2ccc(C(F)(C(F)(F)F)C(F)(F)F)cc2)ccc1NC(=O)c1cccc(Cl)c1C(=O)N[C@@H](C)CS(C)=O. The van der Waals surface area contributed by atoms with Crippen molar-refractivity contribution in [1.29, 1.82) is 0 Å². The Balaban J connectivity index is 1.78. The van der Waals surface area contributed by atoms with E-state index in [9.17, 15) is 44.5 Å². The first-order valence-corrected chi connectivity index (χ1v) is 14.7. The third-order valence-corrected chi connectivity index (χ3v) is 7.71. The summed E-state index contributed by atoms with van der Waals surface area (Å²) < 4.78 is 104. The van der Waals surface area contributed by atoms with Crippen molar-refractivity contribution >= 4 is 39.9 Å². The molecule has 2 amide bonds. The number of rotatable bonds is 9. The Hall–Kier alpha value is -3.45. The minimum atomic E-state index is -6.20. The van der Waals surface area contributed by atoms with Crippen LogP contribution in [0.15, 0.2) is 60.7 Å². The molecule has 43 heavy (non-hydrogen) atoms. The molecule has 5 nitrogen and oxygen atoms in total. The summed E-state index contributed by atoms with van der Waals surface area (Å²) in [5.41, 5.74) is -5.31. The van der Waals surface area contributed by atoms with Crippen LogP contribution in [0.3, 0.4) is 0 Å². The molecular formula is C29H26ClF7N2O3S. The highest BCUT2D eigenvalue weighted by molar-refractivity contribution is 7.84. The highest BCUT2D eigenvalue weighted by atomic mass is 35.5. The molecule has 3 aromatic carbocycles. The molecule has 0 aliphatic heterocycles. The molecule has 3 rings (SSSR count). The molecule has 0 aromatic heterocycles. The van der Waals surface area contributed by atoms with Gasteiger partial charge in [0.2, 0.25) is 0 Å². The highest BCUT2D eigenvalue weighted by Crippen LogP contribution is 2.53. The van der Waals surface area contributed by atoms with E-state index in [2.05, 4.69) is 10.6 Å². The number of halogens is 8. The molecule has 3 aromatic rings. The van der Waals surface area contributed by atoms with Gasteiger partial charge < -0.3 is 10.6 Å². The molecule has 0 aliphatic rings. The molecule has 1 unspecified atom stereocenters. The van der Waals surface area contributed by atoms with Crippen molar-refractivity contribution < 1.29 is 44.5 Å². The van der Waals surface area contributed by atoms with Crippen molar-refractivity contribution in [2.24, 2.45) is 0 Å². The lowest BCUT2D eigenvalue weighted by Gasteiger charge is -2.30. The second kappa shape index (κ2) is 13.0. The summed E-state index contributed by atoms with van der Waals surface area (Å²) >= 11 is 6.24. The van der Waals surface area contributed by atoms with Gasteiger partial charge in [0.05, 0.1) is 16.1 Å². The van der Waals surface area contributed by atoms with Gasteiger partial charge in [0.25, 0.3) is 11.8 Å². The maximum Gasteiger partial charge on any atom is 0.435 e. The molecule has 0 heterocycles. The topological polar surface area (TPSA) is 75.3 Å². The quantitative estimate of drug-likeness (QED) is 0.239. The first-order chi connectivity index (χ1) is 19.8. The molecule has 232 valence electrons. The molecular weight excluding hydrogens is 625 g/mol. The standard InChI is InChI=1S/C29H26ClF7N2O3S/c1-16-13-19(14-18-7-10-20(11-8-18)27(31,28(32,33)34)29(35,36)37)9-12-23(16)39-25(40)21-5-4-6-22(30)24(21)26(41)38-17(2)15-43(3)42/h4-13,17H,14-15H2,1-3H3,(H,38,41)(H,39,40)/t17-,43?/m0/s1. The monoisotopic (exact) mass is 650 g/mol. The van der Waals surface area contributed by atoms with Gasteiger partial charge in [0.1, 0.15) is 0 Å². The summed E-state index contributed by atoms with van der Waals surface area (Å²) in [5.74, 6) is -1.07. The van der Waals surface area contributed by atoms with E-state index in [-0.39, 0.29) is 28.3 Å². The number of hydrogen-bond acceptors (Lipinski definition) is 3. The summed E-state index contributed by atoms with van der Waals surface area (Å²) in [6.07, 6.45) is -10.8. The average Bonchev–Trinajstić information content (AvgIpc) is 2.88. The first-order valence-electron chi connectivity index (χ1n) is 12.6. The zero-order valence-electron chi connectivity index (χ0n) is 22.9. The van der Waals surface area contributed by atoms with E-state index in [0.29, 0.717) is 34.5 Å². The Labute approximate surface area is 250 Å². The third kappa shape index (κ3) is 7.74. The van der Waals surface area contributed by atoms with E-state index in [4.69, 9.17) is 11.6 Å². The number of carbonyl (C=O) groups is 2. The summed E-state index contributed by atoms with van der Waals surface area (Å²) in [6, 6.07) is 11.6. The fourth-order valence-corrected chi connectivity index (χ4v) is 5.42. The summed E-state index contributed by atoms with van der Waals surface area (Å²) in [5, 5.41) is 5.40. The number of hydrogen-bond donors (Lipinski definition) is 2. The van der Waals surface area contributed by atoms with E-state index in [0.717, 1.165) is 12.1 Å². The summed E-state index contributed by atoms with van der Waals surface area (Å²) in [4.78, 5) is 26.0. The lowest BCUT2D eigenvalue weighted by molar-refractivity contribution is -0.348. The van der Waals surface area contributed by atoms with Crippen molar-refractivity contribution in [3.63, 3.8) is 0 Å². The normalized spacial score (nSPS) is 13.7. The smallest absolute Gasteiger partial charge is 0.349 e. The van der Waals surface area contributed by atoms with Crippen LogP contribution in [0.25, 0.3) is 0 Å². The van der Waals surface area contributed by atoms with Crippen LogP contribution in [0.4, 0.5) is 36.4 Å². The highest BCUT2D eigenvalue weighted by Gasteiger charge is 2.73. The van der Waals surface area contributed by atoms with Crippen LogP contribution in [-0.4, -0.2) is 46.4 Å². The summed E-state index contributed by atoms with van der Waals surface area (Å²) in [7, 11) is -1.17. The predicted molar refractivity (Wildman–Crippen MR) is 151 cm³/mol. The molecule has 0 spiro atoms. The second-order valence-electron chi connectivity index (χ2n) is 9.91. The number of anilines is 1. The molecule has 0 radical (unpaired) electrons. The number of nitrogens with one attached hydrogen (secondary N) is 2. The maximum atomic E-state index is 14.3. The molecule has 0 aliphatic carbocycles. The van der Waals surface area contributed by atoms with Gasteiger partial charge in [-0.15, -0.1) is 0 Å². The van der Waals surface area contributed by atoms with E-state index >= 15 is 0 Å². The number of amides is 2. The van der Waals surface area contributed by atoms with Crippen LogP contribution in [0.1, 0.15) is 49.9 Å². The largest absolute Gasteiger partial charge is 0.435 e. The minimum Gasteiger partial charge on any atom is -0.349 e. The molecule has 0 saturated carbocycles. The Morgan fingerprint density at radius 1 is 0.884 bits per heavy atom. The Kier molecular flexibility index (Phi) is 10.3. The van der Waals surface area contributed by atoms with Crippen LogP contribution < -0.4 is 10.6 Å². The lowest BCUT2D eigenvalue weighted by atomic mass is 9.92. The zero-order chi connectivity index (χ0) is 32.3. The molecule has 14 heteroatoms. The van der Waals surface area contributed by atoms with Crippen LogP contribution in [-0.2, 0) is 22.9 Å². The molecule has 0 fully saturated rings.